The van der Waals surface area contributed by atoms with Crippen LogP contribution < -0.4 is 0 Å². The Hall–Kier alpha value is -1.94. The molecule has 3 N–H and O–H groups in total. The van der Waals surface area contributed by atoms with E-state index in [1.165, 1.54) is 270 Å². The standard InChI is InChI=1S/C81H158O17P2/c1-5-9-13-17-21-25-29-31-33-35-36-37-38-39-40-42-44-48-52-56-60-64-68-81(86)98-77(72-92-79(84)66-62-58-54-50-47-43-41-34-32-30-26-22-18-14-10-6-2)74-96-100(89,90)94-70-75(82)69-93-99(87,88)95-73-76(97-80(85)67-63-59-55-51-46-28-24-20-16-12-8-4)71-91-78(83)65-61-57-53-49-45-27-23-19-15-11-7-3/h75-77,82H,5-74H2,1-4H3,(H,87,88)(H,89,90)/t75-,76+,77+/m0/s1. The zero-order chi connectivity index (χ0) is 73.2. The zero-order valence-corrected chi connectivity index (χ0v) is 67.0. The molecule has 0 heterocycles. The lowest BCUT2D eigenvalue weighted by molar-refractivity contribution is -0.161. The van der Waals surface area contributed by atoms with Crippen molar-refractivity contribution in [3.8, 4) is 0 Å². The van der Waals surface area contributed by atoms with Crippen molar-refractivity contribution in [2.75, 3.05) is 39.6 Å². The Kier molecular flexibility index (Phi) is 73.8. The van der Waals surface area contributed by atoms with Gasteiger partial charge in [-0.3, -0.25) is 37.3 Å². The molecule has 5 atom stereocenters. The third-order valence-corrected chi connectivity index (χ3v) is 21.0. The van der Waals surface area contributed by atoms with Gasteiger partial charge in [-0.05, 0) is 25.7 Å². The van der Waals surface area contributed by atoms with Crippen LogP contribution in [0.1, 0.15) is 439 Å². The Morgan fingerprint density at radius 2 is 0.400 bits per heavy atom. The number of hydrogen-bond acceptors (Lipinski definition) is 15. The molecule has 0 aromatic rings. The lowest BCUT2D eigenvalue weighted by Gasteiger charge is -2.21. The number of aliphatic hydroxyl groups is 1. The van der Waals surface area contributed by atoms with Gasteiger partial charge in [0.15, 0.2) is 12.2 Å². The van der Waals surface area contributed by atoms with Crippen LogP contribution in [-0.4, -0.2) is 96.7 Å². The normalized spacial score (nSPS) is 13.8. The van der Waals surface area contributed by atoms with Crippen LogP contribution in [0.5, 0.6) is 0 Å². The van der Waals surface area contributed by atoms with Crippen LogP contribution in [0.2, 0.25) is 0 Å². The third-order valence-electron chi connectivity index (χ3n) is 19.1. The number of carbonyl (C=O) groups is 4. The van der Waals surface area contributed by atoms with Crippen LogP contribution >= 0.6 is 15.6 Å². The molecule has 0 aliphatic carbocycles. The molecular weight excluding hydrogens is 1310 g/mol. The van der Waals surface area contributed by atoms with Crippen LogP contribution in [0.25, 0.3) is 0 Å². The van der Waals surface area contributed by atoms with E-state index in [2.05, 4.69) is 27.7 Å². The quantitative estimate of drug-likeness (QED) is 0.0222. The molecular formula is C81H158O17P2. The van der Waals surface area contributed by atoms with Crippen molar-refractivity contribution in [2.24, 2.45) is 0 Å². The van der Waals surface area contributed by atoms with Gasteiger partial charge in [-0.2, -0.15) is 0 Å². The second kappa shape index (κ2) is 75.3. The van der Waals surface area contributed by atoms with E-state index in [1.807, 2.05) is 0 Å². The molecule has 19 heteroatoms. The minimum Gasteiger partial charge on any atom is -0.462 e. The van der Waals surface area contributed by atoms with Gasteiger partial charge in [0.2, 0.25) is 0 Å². The average Bonchev–Trinajstić information content (AvgIpc) is 0.939. The first-order chi connectivity index (χ1) is 48.7. The summed E-state index contributed by atoms with van der Waals surface area (Å²) in [5.74, 6) is -2.10. The van der Waals surface area contributed by atoms with Gasteiger partial charge < -0.3 is 33.8 Å². The number of unbranched alkanes of at least 4 members (excludes halogenated alkanes) is 56. The highest BCUT2D eigenvalue weighted by Crippen LogP contribution is 2.45. The van der Waals surface area contributed by atoms with E-state index >= 15 is 0 Å². The topological polar surface area (TPSA) is 237 Å². The van der Waals surface area contributed by atoms with Gasteiger partial charge in [0.25, 0.3) is 0 Å². The molecule has 0 fully saturated rings. The molecule has 100 heavy (non-hydrogen) atoms. The fourth-order valence-electron chi connectivity index (χ4n) is 12.6. The molecule has 0 aliphatic heterocycles. The third kappa shape index (κ3) is 74.3. The maximum atomic E-state index is 13.1. The molecule has 0 aromatic carbocycles. The van der Waals surface area contributed by atoms with Crippen LogP contribution in [0, 0.1) is 0 Å². The number of carbonyl (C=O) groups excluding carboxylic acids is 4. The largest absolute Gasteiger partial charge is 0.472 e. The Labute approximate surface area is 613 Å². The number of hydrogen-bond donors (Lipinski definition) is 3. The maximum absolute atomic E-state index is 13.1. The molecule has 2 unspecified atom stereocenters. The van der Waals surface area contributed by atoms with Crippen LogP contribution in [0.3, 0.4) is 0 Å². The van der Waals surface area contributed by atoms with Gasteiger partial charge in [0.1, 0.15) is 19.3 Å². The summed E-state index contributed by atoms with van der Waals surface area (Å²) in [6.07, 6.45) is 68.0. The number of phosphoric ester groups is 2. The van der Waals surface area contributed by atoms with Gasteiger partial charge in [-0.15, -0.1) is 0 Å². The van der Waals surface area contributed by atoms with E-state index in [1.54, 1.807) is 0 Å². The van der Waals surface area contributed by atoms with Crippen molar-refractivity contribution in [3.05, 3.63) is 0 Å². The fraction of sp³-hybridized carbons (Fsp3) is 0.951. The number of rotatable bonds is 82. The van der Waals surface area contributed by atoms with Crippen molar-refractivity contribution in [1.82, 2.24) is 0 Å². The highest BCUT2D eigenvalue weighted by Gasteiger charge is 2.30. The van der Waals surface area contributed by atoms with Crippen LogP contribution in [-0.2, 0) is 65.4 Å². The molecule has 0 rings (SSSR count). The van der Waals surface area contributed by atoms with Crippen molar-refractivity contribution < 1.29 is 80.2 Å². The van der Waals surface area contributed by atoms with Crippen LogP contribution in [0.15, 0.2) is 0 Å². The van der Waals surface area contributed by atoms with E-state index in [0.717, 1.165) is 89.9 Å². The summed E-state index contributed by atoms with van der Waals surface area (Å²) in [4.78, 5) is 73.0. The van der Waals surface area contributed by atoms with Crippen molar-refractivity contribution in [1.29, 1.82) is 0 Å². The van der Waals surface area contributed by atoms with E-state index < -0.39 is 97.5 Å². The molecule has 0 saturated heterocycles. The monoisotopic (exact) mass is 1470 g/mol. The number of esters is 4. The van der Waals surface area contributed by atoms with Gasteiger partial charge in [0.05, 0.1) is 26.4 Å². The molecule has 0 bridgehead atoms. The Morgan fingerprint density at radius 1 is 0.240 bits per heavy atom. The summed E-state index contributed by atoms with van der Waals surface area (Å²) in [5, 5.41) is 10.6. The Bertz CT molecular complexity index is 1890. The van der Waals surface area contributed by atoms with Crippen molar-refractivity contribution in [3.63, 3.8) is 0 Å². The van der Waals surface area contributed by atoms with Gasteiger partial charge in [0, 0.05) is 25.7 Å². The smallest absolute Gasteiger partial charge is 0.462 e. The molecule has 0 aromatic heterocycles. The van der Waals surface area contributed by atoms with Gasteiger partial charge in [-0.1, -0.05) is 387 Å². The number of phosphoric acid groups is 2. The van der Waals surface area contributed by atoms with E-state index in [9.17, 15) is 43.2 Å². The molecule has 594 valence electrons. The predicted molar refractivity (Wildman–Crippen MR) is 409 cm³/mol. The maximum Gasteiger partial charge on any atom is 0.472 e. The first kappa shape index (κ1) is 98.1. The molecule has 0 saturated carbocycles. The lowest BCUT2D eigenvalue weighted by Crippen LogP contribution is -2.30. The summed E-state index contributed by atoms with van der Waals surface area (Å²) < 4.78 is 68.7. The molecule has 17 nitrogen and oxygen atoms in total. The summed E-state index contributed by atoms with van der Waals surface area (Å²) in [6, 6.07) is 0. The summed E-state index contributed by atoms with van der Waals surface area (Å²) in [6.45, 7) is 5.01. The van der Waals surface area contributed by atoms with Crippen LogP contribution in [0.4, 0.5) is 0 Å². The average molecular weight is 1470 g/mol. The predicted octanol–water partition coefficient (Wildman–Crippen LogP) is 24.6. The SMILES string of the molecule is CCCCCCCCCCCCCCCCCCCCCCCCC(=O)O[C@H](COC(=O)CCCCCCCCCCCCCCCCCC)COP(=O)(O)OC[C@@H](O)COP(=O)(O)OC[C@@H](COC(=O)CCCCCCCCCCCCC)OC(=O)CCCCCCCCCCCCC. The highest BCUT2D eigenvalue weighted by molar-refractivity contribution is 7.47. The Balaban J connectivity index is 5.19. The summed E-state index contributed by atoms with van der Waals surface area (Å²) in [7, 11) is -9.91. The minimum absolute atomic E-state index is 0.108. The van der Waals surface area contributed by atoms with E-state index in [4.69, 9.17) is 37.0 Å². The summed E-state index contributed by atoms with van der Waals surface area (Å²) in [5.41, 5.74) is 0. The second-order valence-corrected chi connectivity index (χ2v) is 32.1. The highest BCUT2D eigenvalue weighted by atomic mass is 31.2. The fourth-order valence-corrected chi connectivity index (χ4v) is 14.2. The van der Waals surface area contributed by atoms with Gasteiger partial charge >= 0.3 is 39.5 Å². The number of aliphatic hydroxyl groups excluding tert-OH is 1. The summed E-state index contributed by atoms with van der Waals surface area (Å²) >= 11 is 0. The molecule has 0 amide bonds. The Morgan fingerprint density at radius 3 is 0.590 bits per heavy atom. The van der Waals surface area contributed by atoms with E-state index in [0.29, 0.717) is 25.7 Å². The molecule has 0 aliphatic rings. The number of ether oxygens (including phenoxy) is 4. The zero-order valence-electron chi connectivity index (χ0n) is 65.2. The van der Waals surface area contributed by atoms with E-state index in [-0.39, 0.29) is 25.7 Å². The van der Waals surface area contributed by atoms with Gasteiger partial charge in [-0.25, -0.2) is 9.13 Å². The van der Waals surface area contributed by atoms with Crippen molar-refractivity contribution in [2.45, 2.75) is 457 Å². The minimum atomic E-state index is -4.96. The molecule has 0 spiro atoms. The van der Waals surface area contributed by atoms with Crippen molar-refractivity contribution >= 4 is 39.5 Å². The first-order valence-electron chi connectivity index (χ1n) is 42.3. The molecule has 0 radical (unpaired) electrons. The first-order valence-corrected chi connectivity index (χ1v) is 45.3. The lowest BCUT2D eigenvalue weighted by atomic mass is 10.0. The second-order valence-electron chi connectivity index (χ2n) is 29.2.